The van der Waals surface area contributed by atoms with Crippen molar-refractivity contribution in [2.75, 3.05) is 0 Å². The van der Waals surface area contributed by atoms with Crippen molar-refractivity contribution in [1.82, 2.24) is 0 Å². The van der Waals surface area contributed by atoms with E-state index in [2.05, 4.69) is 0 Å². The summed E-state index contributed by atoms with van der Waals surface area (Å²) >= 11 is 0. The summed E-state index contributed by atoms with van der Waals surface area (Å²) in [6.07, 6.45) is -7.25. The number of hydrogen-bond acceptors (Lipinski definition) is 13. The van der Waals surface area contributed by atoms with Crippen molar-refractivity contribution in [2.45, 2.75) is 30.9 Å². The van der Waals surface area contributed by atoms with Crippen LogP contribution in [0.25, 0.3) is 28.4 Å². The molecule has 5 rings (SSSR count). The lowest BCUT2D eigenvalue weighted by atomic mass is 10.0. The SMILES string of the molecule is O=C(/C=C/c1ccc(O)cc1)O[C@H]1O[C@@H](Oc2c(-c3ccc(O)cc3)oc3cc(O)cc(O)c3c2=O)[C@H](O)[C@@H](O)[C@@H]1O. The number of phenols is 4. The van der Waals surface area contributed by atoms with E-state index in [-0.39, 0.29) is 28.4 Å². The van der Waals surface area contributed by atoms with Gasteiger partial charge in [0.25, 0.3) is 0 Å². The largest absolute Gasteiger partial charge is 0.508 e. The van der Waals surface area contributed by atoms with Crippen molar-refractivity contribution in [3.05, 3.63) is 82.5 Å². The first kappa shape index (κ1) is 28.4. The number of esters is 1. The van der Waals surface area contributed by atoms with Crippen LogP contribution >= 0.6 is 0 Å². The summed E-state index contributed by atoms with van der Waals surface area (Å²) in [7, 11) is 0. The minimum absolute atomic E-state index is 0.0226. The number of carbonyl (C=O) groups excluding carboxylic acids is 1. The Bertz CT molecular complexity index is 1690. The quantitative estimate of drug-likeness (QED) is 0.128. The highest BCUT2D eigenvalue weighted by Gasteiger charge is 2.47. The highest BCUT2D eigenvalue weighted by Crippen LogP contribution is 2.37. The number of aromatic hydroxyl groups is 4. The van der Waals surface area contributed by atoms with Gasteiger partial charge in [-0.05, 0) is 48.0 Å². The van der Waals surface area contributed by atoms with Gasteiger partial charge in [-0.1, -0.05) is 12.1 Å². The summed E-state index contributed by atoms with van der Waals surface area (Å²) in [6, 6.07) is 13.1. The zero-order chi connectivity index (χ0) is 30.1. The molecule has 0 bridgehead atoms. The Morgan fingerprint density at radius 3 is 2.07 bits per heavy atom. The van der Waals surface area contributed by atoms with Crippen LogP contribution in [0.15, 0.2) is 76.0 Å². The molecule has 1 aromatic heterocycles. The molecule has 0 radical (unpaired) electrons. The maximum atomic E-state index is 13.5. The minimum Gasteiger partial charge on any atom is -0.508 e. The molecule has 3 aromatic carbocycles. The molecule has 4 aromatic rings. The third-order valence-corrected chi connectivity index (χ3v) is 6.34. The van der Waals surface area contributed by atoms with Crippen molar-refractivity contribution < 1.29 is 59.2 Å². The number of ether oxygens (including phenoxy) is 3. The zero-order valence-electron chi connectivity index (χ0n) is 21.4. The Labute approximate surface area is 235 Å². The summed E-state index contributed by atoms with van der Waals surface area (Å²) in [5.74, 6) is -3.01. The molecule has 5 atom stereocenters. The molecule has 218 valence electrons. The van der Waals surface area contributed by atoms with Crippen molar-refractivity contribution >= 4 is 23.0 Å². The van der Waals surface area contributed by atoms with Crippen LogP contribution in [0, 0.1) is 0 Å². The molecule has 0 aliphatic carbocycles. The number of carbonyl (C=O) groups is 1. The van der Waals surface area contributed by atoms with Gasteiger partial charge in [0, 0.05) is 23.8 Å². The van der Waals surface area contributed by atoms with E-state index in [0.717, 1.165) is 18.2 Å². The van der Waals surface area contributed by atoms with Crippen LogP contribution in [0.5, 0.6) is 28.7 Å². The Morgan fingerprint density at radius 2 is 1.40 bits per heavy atom. The third-order valence-electron chi connectivity index (χ3n) is 6.34. The van der Waals surface area contributed by atoms with Gasteiger partial charge in [0.2, 0.25) is 23.8 Å². The average molecular weight is 580 g/mol. The lowest BCUT2D eigenvalue weighted by Gasteiger charge is -2.39. The topological polar surface area (TPSA) is 217 Å². The number of aliphatic hydroxyl groups excluding tert-OH is 3. The van der Waals surface area contributed by atoms with Gasteiger partial charge in [-0.25, -0.2) is 4.79 Å². The van der Waals surface area contributed by atoms with Gasteiger partial charge in [0.15, 0.2) is 5.76 Å². The highest BCUT2D eigenvalue weighted by atomic mass is 16.8. The molecule has 1 aliphatic heterocycles. The highest BCUT2D eigenvalue weighted by molar-refractivity contribution is 5.88. The second-order valence-electron chi connectivity index (χ2n) is 9.30. The first-order valence-electron chi connectivity index (χ1n) is 12.4. The van der Waals surface area contributed by atoms with Crippen LogP contribution < -0.4 is 10.2 Å². The molecule has 1 fully saturated rings. The van der Waals surface area contributed by atoms with E-state index in [1.807, 2.05) is 0 Å². The van der Waals surface area contributed by atoms with E-state index in [1.165, 1.54) is 54.6 Å². The molecule has 1 aliphatic rings. The molecule has 1 saturated heterocycles. The molecule has 7 N–H and O–H groups in total. The van der Waals surface area contributed by atoms with E-state index in [1.54, 1.807) is 0 Å². The van der Waals surface area contributed by atoms with Crippen LogP contribution in [0.3, 0.4) is 0 Å². The maximum absolute atomic E-state index is 13.5. The number of phenolic OH excluding ortho intramolecular Hbond substituents is 4. The predicted molar refractivity (Wildman–Crippen MR) is 143 cm³/mol. The van der Waals surface area contributed by atoms with Crippen molar-refractivity contribution in [3.63, 3.8) is 0 Å². The number of rotatable bonds is 6. The number of aliphatic hydroxyl groups is 3. The van der Waals surface area contributed by atoms with Gasteiger partial charge >= 0.3 is 5.97 Å². The molecular formula is C29H24O13. The summed E-state index contributed by atoms with van der Waals surface area (Å²) in [4.78, 5) is 25.9. The van der Waals surface area contributed by atoms with Crippen molar-refractivity contribution in [3.8, 4) is 40.1 Å². The average Bonchev–Trinajstić information content (AvgIpc) is 2.95. The Balaban J connectivity index is 1.47. The van der Waals surface area contributed by atoms with E-state index >= 15 is 0 Å². The molecule has 0 amide bonds. The fraction of sp³-hybridized carbons (Fsp3) is 0.172. The third kappa shape index (κ3) is 5.70. The molecule has 13 nitrogen and oxygen atoms in total. The first-order valence-corrected chi connectivity index (χ1v) is 12.4. The number of benzene rings is 3. The molecule has 13 heteroatoms. The van der Waals surface area contributed by atoms with Crippen LogP contribution in [0.1, 0.15) is 5.56 Å². The van der Waals surface area contributed by atoms with E-state index in [4.69, 9.17) is 18.6 Å². The predicted octanol–water partition coefficient (Wildman–Crippen LogP) is 1.68. The summed E-state index contributed by atoms with van der Waals surface area (Å²) in [5.41, 5.74) is -0.454. The minimum atomic E-state index is -1.96. The van der Waals surface area contributed by atoms with E-state index in [0.29, 0.717) is 5.56 Å². The maximum Gasteiger partial charge on any atom is 0.333 e. The van der Waals surface area contributed by atoms with Gasteiger partial charge < -0.3 is 49.6 Å². The van der Waals surface area contributed by atoms with Crippen LogP contribution in [-0.4, -0.2) is 72.6 Å². The van der Waals surface area contributed by atoms with Crippen molar-refractivity contribution in [2.24, 2.45) is 0 Å². The van der Waals surface area contributed by atoms with E-state index < -0.39 is 64.9 Å². The number of hydrogen-bond donors (Lipinski definition) is 7. The fourth-order valence-corrected chi connectivity index (χ4v) is 4.21. The molecular weight excluding hydrogens is 556 g/mol. The fourth-order valence-electron chi connectivity index (χ4n) is 4.21. The monoisotopic (exact) mass is 580 g/mol. The molecule has 0 unspecified atom stereocenters. The van der Waals surface area contributed by atoms with Gasteiger partial charge in [0.1, 0.15) is 52.3 Å². The Kier molecular flexibility index (Phi) is 7.74. The Hall–Kier alpha value is -5.08. The number of fused-ring (bicyclic) bond motifs is 1. The van der Waals surface area contributed by atoms with Gasteiger partial charge in [-0.15, -0.1) is 0 Å². The second kappa shape index (κ2) is 11.4. The summed E-state index contributed by atoms with van der Waals surface area (Å²) < 4.78 is 22.0. The summed E-state index contributed by atoms with van der Waals surface area (Å²) in [6.45, 7) is 0. The molecule has 0 saturated carbocycles. The standard InChI is InChI=1S/C29H24O13/c30-15-6-1-13(2-7-15)3-10-20(34)40-28-24(37)23(36)25(38)29(42-28)41-27-22(35)21-18(33)11-17(32)12-19(21)39-26(27)14-4-8-16(31)9-5-14/h1-12,23-25,28-33,36-38H/b10-3+/t23-,24-,25+,28-,29+/m0/s1. The first-order chi connectivity index (χ1) is 20.0. The zero-order valence-corrected chi connectivity index (χ0v) is 21.4. The molecule has 2 heterocycles. The normalized spacial score (nSPS) is 22.3. The lowest BCUT2D eigenvalue weighted by Crippen LogP contribution is -2.60. The van der Waals surface area contributed by atoms with Crippen molar-refractivity contribution in [1.29, 1.82) is 0 Å². The lowest BCUT2D eigenvalue weighted by molar-refractivity contribution is -0.323. The summed E-state index contributed by atoms with van der Waals surface area (Å²) in [5, 5.41) is 70.3. The van der Waals surface area contributed by atoms with Crippen LogP contribution in [-0.2, 0) is 14.3 Å². The second-order valence-corrected chi connectivity index (χ2v) is 9.30. The molecule has 42 heavy (non-hydrogen) atoms. The smallest absolute Gasteiger partial charge is 0.333 e. The van der Waals surface area contributed by atoms with Crippen LogP contribution in [0.2, 0.25) is 0 Å². The van der Waals surface area contributed by atoms with Gasteiger partial charge in [-0.3, -0.25) is 9.53 Å². The van der Waals surface area contributed by atoms with E-state index in [9.17, 15) is 45.3 Å². The molecule has 0 spiro atoms. The van der Waals surface area contributed by atoms with Gasteiger partial charge in [-0.2, -0.15) is 0 Å². The van der Waals surface area contributed by atoms with Gasteiger partial charge in [0.05, 0.1) is 0 Å². The Morgan fingerprint density at radius 1 is 0.786 bits per heavy atom. The van der Waals surface area contributed by atoms with Crippen LogP contribution in [0.4, 0.5) is 0 Å².